The molecule has 1 heterocycles. The summed E-state index contributed by atoms with van der Waals surface area (Å²) in [5.41, 5.74) is 6.32. The lowest BCUT2D eigenvalue weighted by atomic mass is 9.77. The third kappa shape index (κ3) is 3.91. The van der Waals surface area contributed by atoms with E-state index in [1.807, 2.05) is 0 Å². The lowest BCUT2D eigenvalue weighted by molar-refractivity contribution is -0.0839. The SMILES string of the molecule is CCC1CCC(N)C(CN2CC(CO)OCC2C)C1. The minimum atomic E-state index is -0.0158. The van der Waals surface area contributed by atoms with E-state index >= 15 is 0 Å². The highest BCUT2D eigenvalue weighted by atomic mass is 16.5. The molecule has 5 unspecified atom stereocenters. The van der Waals surface area contributed by atoms with Gasteiger partial charge in [-0.05, 0) is 38.0 Å². The Kier molecular flexibility index (Phi) is 5.63. The number of ether oxygens (including phenoxy) is 1. The van der Waals surface area contributed by atoms with Crippen LogP contribution in [0.3, 0.4) is 0 Å². The van der Waals surface area contributed by atoms with Crippen LogP contribution in [-0.2, 0) is 4.74 Å². The van der Waals surface area contributed by atoms with Crippen LogP contribution in [0.4, 0.5) is 0 Å². The Hall–Kier alpha value is -0.160. The van der Waals surface area contributed by atoms with Crippen LogP contribution in [0.2, 0.25) is 0 Å². The van der Waals surface area contributed by atoms with E-state index in [1.54, 1.807) is 0 Å². The van der Waals surface area contributed by atoms with Gasteiger partial charge in [0.2, 0.25) is 0 Å². The van der Waals surface area contributed by atoms with E-state index in [0.29, 0.717) is 18.0 Å². The lowest BCUT2D eigenvalue weighted by Crippen LogP contribution is -2.53. The van der Waals surface area contributed by atoms with E-state index in [9.17, 15) is 5.11 Å². The molecule has 1 saturated carbocycles. The largest absolute Gasteiger partial charge is 0.394 e. The van der Waals surface area contributed by atoms with Gasteiger partial charge in [0.15, 0.2) is 0 Å². The minimum Gasteiger partial charge on any atom is -0.394 e. The van der Waals surface area contributed by atoms with E-state index in [-0.39, 0.29) is 12.7 Å². The van der Waals surface area contributed by atoms with Crippen LogP contribution in [0.5, 0.6) is 0 Å². The van der Waals surface area contributed by atoms with Crippen molar-refractivity contribution in [3.05, 3.63) is 0 Å². The van der Waals surface area contributed by atoms with Crippen molar-refractivity contribution < 1.29 is 9.84 Å². The molecule has 4 heteroatoms. The predicted molar refractivity (Wildman–Crippen MR) is 77.0 cm³/mol. The Labute approximate surface area is 117 Å². The summed E-state index contributed by atoms with van der Waals surface area (Å²) < 4.78 is 5.60. The van der Waals surface area contributed by atoms with Crippen LogP contribution in [0.1, 0.15) is 39.5 Å². The zero-order chi connectivity index (χ0) is 13.8. The van der Waals surface area contributed by atoms with E-state index in [2.05, 4.69) is 18.7 Å². The number of aliphatic hydroxyl groups excluding tert-OH is 1. The molecule has 1 aliphatic carbocycles. The van der Waals surface area contributed by atoms with Crippen LogP contribution in [0.25, 0.3) is 0 Å². The van der Waals surface area contributed by atoms with Gasteiger partial charge in [0.1, 0.15) is 0 Å². The van der Waals surface area contributed by atoms with Crippen molar-refractivity contribution in [3.8, 4) is 0 Å². The molecule has 2 fully saturated rings. The van der Waals surface area contributed by atoms with Gasteiger partial charge in [-0.1, -0.05) is 13.3 Å². The number of nitrogens with zero attached hydrogens (tertiary/aromatic N) is 1. The smallest absolute Gasteiger partial charge is 0.0933 e. The minimum absolute atomic E-state index is 0.0158. The van der Waals surface area contributed by atoms with Crippen molar-refractivity contribution in [1.82, 2.24) is 4.90 Å². The zero-order valence-corrected chi connectivity index (χ0v) is 12.4. The second-order valence-electron chi connectivity index (χ2n) is 6.45. The quantitative estimate of drug-likeness (QED) is 0.806. The first-order valence-corrected chi connectivity index (χ1v) is 7.86. The van der Waals surface area contributed by atoms with Gasteiger partial charge in [-0.25, -0.2) is 0 Å². The highest BCUT2D eigenvalue weighted by Gasteiger charge is 2.32. The second-order valence-corrected chi connectivity index (χ2v) is 6.45. The predicted octanol–water partition coefficient (Wildman–Crippen LogP) is 1.22. The van der Waals surface area contributed by atoms with Gasteiger partial charge < -0.3 is 15.6 Å². The third-order valence-corrected chi connectivity index (χ3v) is 5.03. The highest BCUT2D eigenvalue weighted by Crippen LogP contribution is 2.31. The first kappa shape index (κ1) is 15.2. The van der Waals surface area contributed by atoms with Crippen molar-refractivity contribution in [2.45, 2.75) is 57.7 Å². The molecular weight excluding hydrogens is 240 g/mol. The molecule has 3 N–H and O–H groups in total. The first-order chi connectivity index (χ1) is 9.13. The van der Waals surface area contributed by atoms with E-state index < -0.39 is 0 Å². The summed E-state index contributed by atoms with van der Waals surface area (Å²) in [5.74, 6) is 1.47. The average molecular weight is 270 g/mol. The molecule has 1 aliphatic heterocycles. The number of hydrogen-bond donors (Lipinski definition) is 2. The summed E-state index contributed by atoms with van der Waals surface area (Å²) in [5, 5.41) is 9.26. The maximum atomic E-state index is 9.26. The van der Waals surface area contributed by atoms with Crippen LogP contribution < -0.4 is 5.73 Å². The number of rotatable bonds is 4. The monoisotopic (exact) mass is 270 g/mol. The standard InChI is InChI=1S/C15H30N2O2/c1-3-12-4-5-15(16)13(6-12)7-17-8-14(9-18)19-10-11(17)2/h11-15,18H,3-10,16H2,1-2H3. The van der Waals surface area contributed by atoms with Crippen LogP contribution >= 0.6 is 0 Å². The van der Waals surface area contributed by atoms with Crippen LogP contribution in [0.15, 0.2) is 0 Å². The maximum absolute atomic E-state index is 9.26. The third-order valence-electron chi connectivity index (χ3n) is 5.03. The van der Waals surface area contributed by atoms with Crippen molar-refractivity contribution in [2.24, 2.45) is 17.6 Å². The van der Waals surface area contributed by atoms with Gasteiger partial charge in [-0.15, -0.1) is 0 Å². The molecule has 2 aliphatic rings. The Morgan fingerprint density at radius 1 is 1.37 bits per heavy atom. The summed E-state index contributed by atoms with van der Waals surface area (Å²) in [7, 11) is 0. The van der Waals surface area contributed by atoms with E-state index in [0.717, 1.165) is 25.6 Å². The number of hydrogen-bond acceptors (Lipinski definition) is 4. The number of aliphatic hydroxyl groups is 1. The molecule has 0 bridgehead atoms. The van der Waals surface area contributed by atoms with Gasteiger partial charge in [0, 0.05) is 25.2 Å². The summed E-state index contributed by atoms with van der Waals surface area (Å²) >= 11 is 0. The van der Waals surface area contributed by atoms with Gasteiger partial charge in [-0.2, -0.15) is 0 Å². The molecule has 0 radical (unpaired) electrons. The Bertz CT molecular complexity index is 249. The van der Waals surface area contributed by atoms with Crippen molar-refractivity contribution in [1.29, 1.82) is 0 Å². The molecule has 0 spiro atoms. The molecule has 0 aromatic heterocycles. The molecule has 0 aromatic rings. The fourth-order valence-corrected chi connectivity index (χ4v) is 3.51. The molecule has 1 saturated heterocycles. The molecule has 0 amide bonds. The molecule has 5 atom stereocenters. The Balaban J connectivity index is 1.90. The first-order valence-electron chi connectivity index (χ1n) is 7.86. The topological polar surface area (TPSA) is 58.7 Å². The van der Waals surface area contributed by atoms with Crippen LogP contribution in [0, 0.1) is 11.8 Å². The molecular formula is C15H30N2O2. The maximum Gasteiger partial charge on any atom is 0.0933 e. The molecule has 19 heavy (non-hydrogen) atoms. The molecule has 0 aromatic carbocycles. The molecule has 2 rings (SSSR count). The Morgan fingerprint density at radius 3 is 2.84 bits per heavy atom. The summed E-state index contributed by atoms with van der Waals surface area (Å²) in [4.78, 5) is 2.47. The number of morpholine rings is 1. The normalized spacial score (nSPS) is 41.4. The fourth-order valence-electron chi connectivity index (χ4n) is 3.51. The zero-order valence-electron chi connectivity index (χ0n) is 12.4. The van der Waals surface area contributed by atoms with Gasteiger partial charge in [-0.3, -0.25) is 4.90 Å². The van der Waals surface area contributed by atoms with Gasteiger partial charge in [0.25, 0.3) is 0 Å². The van der Waals surface area contributed by atoms with Crippen molar-refractivity contribution in [3.63, 3.8) is 0 Å². The average Bonchev–Trinajstić information content (AvgIpc) is 2.43. The summed E-state index contributed by atoms with van der Waals surface area (Å²) in [6.07, 6.45) is 5.00. The highest BCUT2D eigenvalue weighted by molar-refractivity contribution is 4.87. The summed E-state index contributed by atoms with van der Waals surface area (Å²) in [6, 6.07) is 0.794. The van der Waals surface area contributed by atoms with E-state index in [4.69, 9.17) is 10.5 Å². The van der Waals surface area contributed by atoms with E-state index in [1.165, 1.54) is 25.7 Å². The van der Waals surface area contributed by atoms with Gasteiger partial charge >= 0.3 is 0 Å². The van der Waals surface area contributed by atoms with Crippen molar-refractivity contribution in [2.75, 3.05) is 26.3 Å². The van der Waals surface area contributed by atoms with Gasteiger partial charge in [0.05, 0.1) is 19.3 Å². The second kappa shape index (κ2) is 7.02. The number of nitrogens with two attached hydrogens (primary N) is 1. The summed E-state index contributed by atoms with van der Waals surface area (Å²) in [6.45, 7) is 7.26. The molecule has 112 valence electrons. The van der Waals surface area contributed by atoms with Crippen LogP contribution in [-0.4, -0.2) is 54.5 Å². The molecule has 4 nitrogen and oxygen atoms in total. The lowest BCUT2D eigenvalue weighted by Gasteiger charge is -2.42. The Morgan fingerprint density at radius 2 is 2.16 bits per heavy atom. The fraction of sp³-hybridized carbons (Fsp3) is 1.00. The van der Waals surface area contributed by atoms with Crippen molar-refractivity contribution >= 4 is 0 Å².